The first-order valence-electron chi connectivity index (χ1n) is 8.14. The molecule has 0 aromatic rings. The summed E-state index contributed by atoms with van der Waals surface area (Å²) >= 11 is 0. The van der Waals surface area contributed by atoms with Crippen LogP contribution in [0.5, 0.6) is 0 Å². The molecule has 0 saturated carbocycles. The van der Waals surface area contributed by atoms with Crippen molar-refractivity contribution in [2.45, 2.75) is 58.1 Å². The largest absolute Gasteiger partial charge is 0.444 e. The molecule has 1 N–H and O–H groups in total. The molecule has 1 fully saturated rings. The maximum absolute atomic E-state index is 12.1. The van der Waals surface area contributed by atoms with Crippen LogP contribution in [0.15, 0.2) is 0 Å². The Labute approximate surface area is 130 Å². The molecule has 124 valence electrons. The molecule has 1 aliphatic heterocycles. The van der Waals surface area contributed by atoms with Gasteiger partial charge < -0.3 is 19.9 Å². The summed E-state index contributed by atoms with van der Waals surface area (Å²) in [5, 5.41) is 3.58. The number of amides is 1. The van der Waals surface area contributed by atoms with Gasteiger partial charge >= 0.3 is 6.09 Å². The van der Waals surface area contributed by atoms with Crippen LogP contribution in [-0.2, 0) is 4.74 Å². The Hall–Kier alpha value is -0.810. The zero-order valence-corrected chi connectivity index (χ0v) is 14.4. The Morgan fingerprint density at radius 3 is 2.67 bits per heavy atom. The van der Waals surface area contributed by atoms with E-state index in [4.69, 9.17) is 4.74 Å². The lowest BCUT2D eigenvalue weighted by atomic mass is 10.1. The van der Waals surface area contributed by atoms with Crippen LogP contribution in [0.25, 0.3) is 0 Å². The van der Waals surface area contributed by atoms with Gasteiger partial charge in [-0.2, -0.15) is 0 Å². The SMILES string of the molecule is CN(C)CCCCNC1CCCN(C(=O)OC(C)(C)C)C1. The van der Waals surface area contributed by atoms with Gasteiger partial charge in [-0.3, -0.25) is 0 Å². The van der Waals surface area contributed by atoms with Crippen molar-refractivity contribution in [1.82, 2.24) is 15.1 Å². The summed E-state index contributed by atoms with van der Waals surface area (Å²) in [6, 6.07) is 0.408. The molecule has 0 radical (unpaired) electrons. The second kappa shape index (κ2) is 8.59. The Kier molecular flexibility index (Phi) is 7.46. The number of nitrogens with one attached hydrogen (secondary N) is 1. The van der Waals surface area contributed by atoms with E-state index in [0.717, 1.165) is 39.0 Å². The summed E-state index contributed by atoms with van der Waals surface area (Å²) in [5.41, 5.74) is -0.413. The molecule has 0 aromatic carbocycles. The van der Waals surface area contributed by atoms with E-state index in [1.54, 1.807) is 0 Å². The molecule has 1 atom stereocenters. The first-order valence-corrected chi connectivity index (χ1v) is 8.14. The highest BCUT2D eigenvalue weighted by Crippen LogP contribution is 2.15. The third kappa shape index (κ3) is 8.27. The quantitative estimate of drug-likeness (QED) is 0.765. The predicted molar refractivity (Wildman–Crippen MR) is 86.6 cm³/mol. The van der Waals surface area contributed by atoms with Crippen LogP contribution in [0.2, 0.25) is 0 Å². The maximum Gasteiger partial charge on any atom is 0.410 e. The molecular formula is C16H33N3O2. The molecular weight excluding hydrogens is 266 g/mol. The van der Waals surface area contributed by atoms with Crippen LogP contribution in [0.1, 0.15) is 46.5 Å². The number of hydrogen-bond acceptors (Lipinski definition) is 4. The second-order valence-electron chi connectivity index (χ2n) is 7.23. The summed E-state index contributed by atoms with van der Waals surface area (Å²) < 4.78 is 5.45. The van der Waals surface area contributed by atoms with E-state index in [9.17, 15) is 4.79 Å². The highest BCUT2D eigenvalue weighted by atomic mass is 16.6. The summed E-state index contributed by atoms with van der Waals surface area (Å²) in [4.78, 5) is 16.1. The molecule has 1 saturated heterocycles. The molecule has 21 heavy (non-hydrogen) atoms. The average molecular weight is 299 g/mol. The lowest BCUT2D eigenvalue weighted by Crippen LogP contribution is -2.49. The molecule has 0 bridgehead atoms. The zero-order valence-electron chi connectivity index (χ0n) is 14.4. The predicted octanol–water partition coefficient (Wildman–Crippen LogP) is 2.32. The highest BCUT2D eigenvalue weighted by molar-refractivity contribution is 5.68. The number of likely N-dealkylation sites (tertiary alicyclic amines) is 1. The second-order valence-corrected chi connectivity index (χ2v) is 7.23. The molecule has 5 heteroatoms. The fraction of sp³-hybridized carbons (Fsp3) is 0.938. The number of ether oxygens (including phenoxy) is 1. The lowest BCUT2D eigenvalue weighted by Gasteiger charge is -2.34. The Balaban J connectivity index is 2.24. The van der Waals surface area contributed by atoms with Crippen molar-refractivity contribution in [2.75, 3.05) is 40.3 Å². The highest BCUT2D eigenvalue weighted by Gasteiger charge is 2.27. The van der Waals surface area contributed by atoms with Crippen molar-refractivity contribution in [2.24, 2.45) is 0 Å². The topological polar surface area (TPSA) is 44.8 Å². The monoisotopic (exact) mass is 299 g/mol. The minimum Gasteiger partial charge on any atom is -0.444 e. The molecule has 5 nitrogen and oxygen atoms in total. The van der Waals surface area contributed by atoms with E-state index in [1.165, 1.54) is 12.8 Å². The molecule has 1 amide bonds. The molecule has 1 unspecified atom stereocenters. The van der Waals surface area contributed by atoms with Gasteiger partial charge in [0.05, 0.1) is 0 Å². The molecule has 0 aromatic heterocycles. The molecule has 1 rings (SSSR count). The van der Waals surface area contributed by atoms with E-state index in [2.05, 4.69) is 24.3 Å². The standard InChI is InChI=1S/C16H33N3O2/c1-16(2,3)21-15(20)19-12-8-9-14(13-19)17-10-6-7-11-18(4)5/h14,17H,6-13H2,1-5H3. The van der Waals surface area contributed by atoms with Crippen molar-refractivity contribution in [3.8, 4) is 0 Å². The summed E-state index contributed by atoms with van der Waals surface area (Å²) in [5.74, 6) is 0. The van der Waals surface area contributed by atoms with Crippen LogP contribution in [0.4, 0.5) is 4.79 Å². The van der Waals surface area contributed by atoms with Crippen LogP contribution in [0.3, 0.4) is 0 Å². The molecule has 0 spiro atoms. The molecule has 1 aliphatic rings. The van der Waals surface area contributed by atoms with Crippen molar-refractivity contribution < 1.29 is 9.53 Å². The van der Waals surface area contributed by atoms with Gasteiger partial charge in [0.1, 0.15) is 5.60 Å². The van der Waals surface area contributed by atoms with Gasteiger partial charge in [-0.1, -0.05) is 0 Å². The number of unbranched alkanes of at least 4 members (excludes halogenated alkanes) is 1. The van der Waals surface area contributed by atoms with Crippen molar-refractivity contribution in [3.05, 3.63) is 0 Å². The lowest BCUT2D eigenvalue weighted by molar-refractivity contribution is 0.0187. The van der Waals surface area contributed by atoms with Gasteiger partial charge in [-0.25, -0.2) is 4.79 Å². The van der Waals surface area contributed by atoms with Gasteiger partial charge in [0.25, 0.3) is 0 Å². The smallest absolute Gasteiger partial charge is 0.410 e. The zero-order chi connectivity index (χ0) is 15.9. The van der Waals surface area contributed by atoms with Gasteiger partial charge in [-0.15, -0.1) is 0 Å². The van der Waals surface area contributed by atoms with Crippen molar-refractivity contribution in [3.63, 3.8) is 0 Å². The van der Waals surface area contributed by atoms with E-state index in [1.807, 2.05) is 25.7 Å². The summed E-state index contributed by atoms with van der Waals surface area (Å²) in [6.07, 6.45) is 4.41. The average Bonchev–Trinajstić information content (AvgIpc) is 2.36. The Bertz CT molecular complexity index is 313. The Morgan fingerprint density at radius 1 is 1.33 bits per heavy atom. The normalized spacial score (nSPS) is 19.9. The third-order valence-electron chi connectivity index (χ3n) is 3.54. The minimum absolute atomic E-state index is 0.179. The first-order chi connectivity index (χ1) is 9.78. The van der Waals surface area contributed by atoms with Gasteiger partial charge in [0, 0.05) is 19.1 Å². The summed E-state index contributed by atoms with van der Waals surface area (Å²) in [7, 11) is 4.21. The van der Waals surface area contributed by atoms with E-state index in [-0.39, 0.29) is 6.09 Å². The first kappa shape index (κ1) is 18.2. The number of piperidine rings is 1. The number of rotatable bonds is 6. The van der Waals surface area contributed by atoms with Crippen LogP contribution in [-0.4, -0.2) is 67.8 Å². The Morgan fingerprint density at radius 2 is 2.05 bits per heavy atom. The van der Waals surface area contributed by atoms with E-state index < -0.39 is 5.60 Å². The van der Waals surface area contributed by atoms with Crippen LogP contribution in [0, 0.1) is 0 Å². The van der Waals surface area contributed by atoms with E-state index in [0.29, 0.717) is 6.04 Å². The number of nitrogens with zero attached hydrogens (tertiary/aromatic N) is 2. The van der Waals surface area contributed by atoms with Crippen LogP contribution >= 0.6 is 0 Å². The molecule has 0 aliphatic carbocycles. The number of carbonyl (C=O) groups is 1. The van der Waals surface area contributed by atoms with Crippen molar-refractivity contribution in [1.29, 1.82) is 0 Å². The van der Waals surface area contributed by atoms with Gasteiger partial charge in [0.2, 0.25) is 0 Å². The van der Waals surface area contributed by atoms with E-state index >= 15 is 0 Å². The summed E-state index contributed by atoms with van der Waals surface area (Å²) in [6.45, 7) is 9.48. The molecule has 1 heterocycles. The fourth-order valence-electron chi connectivity index (χ4n) is 2.50. The third-order valence-corrected chi connectivity index (χ3v) is 3.54. The fourth-order valence-corrected chi connectivity index (χ4v) is 2.50. The minimum atomic E-state index is -0.413. The number of carbonyl (C=O) groups excluding carboxylic acids is 1. The number of hydrogen-bond donors (Lipinski definition) is 1. The van der Waals surface area contributed by atoms with Crippen LogP contribution < -0.4 is 5.32 Å². The van der Waals surface area contributed by atoms with Gasteiger partial charge in [0.15, 0.2) is 0 Å². The van der Waals surface area contributed by atoms with Gasteiger partial charge in [-0.05, 0) is 73.6 Å². The maximum atomic E-state index is 12.1. The van der Waals surface area contributed by atoms with Crippen molar-refractivity contribution >= 4 is 6.09 Å².